The topological polar surface area (TPSA) is 337 Å². The standard InChI is InChI=1S/C12H18N2O.C11H19N3.C10H14N2O.C10H13NO2.C9H11N3O.C9H13NO2S.C8H10N4.C8H12N2O2S/c1-10(2)11-7-12(9-13-8-11)14-3-5-15-6-4-14;1-4-13-5-6-14-10(9(2)3)7-12-11(14)8-13;1-7(2)8-5-9-10(12-6-8)13-4-3-11-9;1-7(2)8-5-9-10(11-6-8)13-4-3-12-9;1-5(2)6-3-7-8(10-4-6)12-9(13)11-7;1-7(2)8-4-9(6-10-5-8)13(3,11)12;1-6(2)7-3-9-8-11-10-5-12(8)4-7;1-6(2)7-3-8(5-10-4-7)13(9,11)12/h7-10H,3-6H2,1-2H3;7,9H,4-6,8H2,1-3H3;5-7,11H,3-4H2,1-2H3;5-7H,3-4H2,1-2H3;3-5H,1-2H3,(H2,10,11,12,13);4-7H,1-3H3;3-6H,1-2H3;3-6H,1-2H3,(H2,9,11,12). The summed E-state index contributed by atoms with van der Waals surface area (Å²) in [4.78, 5) is 54.6. The number of anilines is 2. The first-order chi connectivity index (χ1) is 50.3. The normalized spacial score (nSPS) is 13.9. The Hall–Kier alpha value is -9.29. The fraction of sp³-hybridized carbons (Fsp3) is 0.494. The molecule has 0 atom stereocenters. The van der Waals surface area contributed by atoms with Gasteiger partial charge >= 0.3 is 5.69 Å². The van der Waals surface area contributed by atoms with Crippen LogP contribution in [0.25, 0.3) is 16.9 Å². The van der Waals surface area contributed by atoms with E-state index in [-0.39, 0.29) is 16.5 Å². The lowest BCUT2D eigenvalue weighted by Crippen LogP contribution is -2.36. The fourth-order valence-corrected chi connectivity index (χ4v) is 11.7. The first-order valence-corrected chi connectivity index (χ1v) is 39.8. The van der Waals surface area contributed by atoms with Gasteiger partial charge in [-0.1, -0.05) is 118 Å². The number of imidazole rings is 2. The van der Waals surface area contributed by atoms with Crippen molar-refractivity contribution in [3.8, 4) is 17.5 Å². The lowest BCUT2D eigenvalue weighted by Gasteiger charge is -2.29. The number of nitrogens with zero attached hydrogens (tertiary/aromatic N) is 14. The van der Waals surface area contributed by atoms with Crippen LogP contribution in [0.5, 0.6) is 17.5 Å². The Morgan fingerprint density at radius 2 is 1.06 bits per heavy atom. The van der Waals surface area contributed by atoms with Gasteiger partial charge in [-0.25, -0.2) is 51.7 Å². The molecule has 0 aliphatic carbocycles. The highest BCUT2D eigenvalue weighted by atomic mass is 32.2. The molecule has 10 aromatic heterocycles. The number of aromatic amines is 2. The molecule has 0 aromatic carbocycles. The van der Waals surface area contributed by atoms with Gasteiger partial charge in [-0.15, -0.1) is 10.2 Å². The maximum Gasteiger partial charge on any atom is 0.325 e. The van der Waals surface area contributed by atoms with Gasteiger partial charge in [0, 0.05) is 113 Å². The van der Waals surface area contributed by atoms with Crippen molar-refractivity contribution in [1.29, 1.82) is 0 Å². The van der Waals surface area contributed by atoms with Crippen LogP contribution in [0.2, 0.25) is 0 Å². The molecule has 29 heteroatoms. The lowest BCUT2D eigenvalue weighted by molar-refractivity contribution is 0.122. The number of nitrogens with two attached hydrogens (primary N) is 1. The number of H-pyrrole nitrogens is 2. The van der Waals surface area contributed by atoms with Crippen LogP contribution in [0, 0.1) is 0 Å². The van der Waals surface area contributed by atoms with Gasteiger partial charge in [0.25, 0.3) is 11.7 Å². The van der Waals surface area contributed by atoms with Crippen LogP contribution >= 0.6 is 0 Å². The van der Waals surface area contributed by atoms with E-state index in [2.05, 4.69) is 182 Å². The number of aromatic nitrogens is 14. The minimum absolute atomic E-state index is 0.0682. The van der Waals surface area contributed by atoms with Crippen LogP contribution in [0.1, 0.15) is 216 Å². The van der Waals surface area contributed by atoms with Crippen molar-refractivity contribution in [3.63, 3.8) is 0 Å². The van der Waals surface area contributed by atoms with Crippen molar-refractivity contribution in [3.05, 3.63) is 178 Å². The van der Waals surface area contributed by atoms with Crippen molar-refractivity contribution < 1.29 is 35.8 Å². The van der Waals surface area contributed by atoms with Crippen molar-refractivity contribution in [2.24, 2.45) is 5.14 Å². The van der Waals surface area contributed by atoms with E-state index in [1.165, 1.54) is 64.7 Å². The second-order valence-electron chi connectivity index (χ2n) is 28.5. The number of hydrogen-bond acceptors (Lipinski definition) is 22. The van der Waals surface area contributed by atoms with Crippen LogP contribution in [-0.4, -0.2) is 163 Å². The molecule has 27 nitrogen and oxygen atoms in total. The zero-order valence-electron chi connectivity index (χ0n) is 64.9. The molecule has 0 unspecified atom stereocenters. The van der Waals surface area contributed by atoms with E-state index in [4.69, 9.17) is 24.1 Å². The molecule has 0 saturated carbocycles. The Balaban J connectivity index is 0.000000169. The van der Waals surface area contributed by atoms with E-state index in [9.17, 15) is 21.6 Å². The smallest absolute Gasteiger partial charge is 0.325 e. The first kappa shape index (κ1) is 84.0. The molecule has 1 saturated heterocycles. The summed E-state index contributed by atoms with van der Waals surface area (Å²) in [5.41, 5.74) is 12.7. The Bertz CT molecular complexity index is 4540. The third-order valence-electron chi connectivity index (χ3n) is 17.5. The van der Waals surface area contributed by atoms with E-state index in [0.717, 1.165) is 92.0 Å². The average molecular weight is 1500 g/mol. The van der Waals surface area contributed by atoms with E-state index in [0.29, 0.717) is 83.4 Å². The summed E-state index contributed by atoms with van der Waals surface area (Å²) >= 11 is 0. The van der Waals surface area contributed by atoms with Gasteiger partial charge in [0.15, 0.2) is 21.2 Å². The molecule has 0 bridgehead atoms. The Kier molecular flexibility index (Phi) is 31.6. The second-order valence-corrected chi connectivity index (χ2v) is 32.1. The molecule has 574 valence electrons. The van der Waals surface area contributed by atoms with E-state index in [1.807, 2.05) is 87.6 Å². The number of hydrogen-bond donors (Lipinski definition) is 4. The zero-order chi connectivity index (χ0) is 77.4. The largest absolute Gasteiger partial charge is 0.484 e. The molecule has 14 rings (SSSR count). The van der Waals surface area contributed by atoms with Crippen molar-refractivity contribution in [2.75, 3.05) is 82.2 Å². The highest BCUT2D eigenvalue weighted by Crippen LogP contribution is 2.31. The summed E-state index contributed by atoms with van der Waals surface area (Å²) in [6.07, 6.45) is 24.1. The maximum absolute atomic E-state index is 11.2. The molecular weight excluding hydrogens is 1390 g/mol. The lowest BCUT2D eigenvalue weighted by atomic mass is 10.1. The molecule has 14 heterocycles. The summed E-state index contributed by atoms with van der Waals surface area (Å²) < 4.78 is 69.9. The summed E-state index contributed by atoms with van der Waals surface area (Å²) in [5.74, 6) is 7.60. The van der Waals surface area contributed by atoms with Gasteiger partial charge in [-0.3, -0.25) is 29.2 Å². The minimum atomic E-state index is -3.62. The fourth-order valence-electron chi connectivity index (χ4n) is 10.6. The van der Waals surface area contributed by atoms with E-state index in [1.54, 1.807) is 37.1 Å². The quantitative estimate of drug-likeness (QED) is 0.0882. The molecule has 1 fully saturated rings. The van der Waals surface area contributed by atoms with E-state index >= 15 is 0 Å². The summed E-state index contributed by atoms with van der Waals surface area (Å²) in [5, 5.41) is 15.8. The monoisotopic (exact) mass is 1490 g/mol. The molecule has 4 aliphatic heterocycles. The number of ether oxygens (including phenoxy) is 4. The molecule has 5 N–H and O–H groups in total. The number of pyridine rings is 6. The van der Waals surface area contributed by atoms with Gasteiger partial charge in [0.1, 0.15) is 36.9 Å². The summed E-state index contributed by atoms with van der Waals surface area (Å²) in [6, 6.07) is 11.5. The predicted octanol–water partition coefficient (Wildman–Crippen LogP) is 13.0. The first-order valence-electron chi connectivity index (χ1n) is 36.3. The van der Waals surface area contributed by atoms with Gasteiger partial charge in [-0.2, -0.15) is 0 Å². The maximum atomic E-state index is 11.2. The zero-order valence-corrected chi connectivity index (χ0v) is 66.5. The number of sulfonamides is 1. The third kappa shape index (κ3) is 25.5. The minimum Gasteiger partial charge on any atom is -0.484 e. The summed E-state index contributed by atoms with van der Waals surface area (Å²) in [7, 11) is -6.74. The number of fused-ring (bicyclic) bond motifs is 5. The highest BCUT2D eigenvalue weighted by Gasteiger charge is 2.21. The highest BCUT2D eigenvalue weighted by molar-refractivity contribution is 7.90. The van der Waals surface area contributed by atoms with Crippen LogP contribution in [0.4, 0.5) is 11.4 Å². The van der Waals surface area contributed by atoms with Crippen LogP contribution < -0.4 is 35.3 Å². The molecule has 10 aromatic rings. The van der Waals surface area contributed by atoms with Crippen LogP contribution in [0.15, 0.2) is 132 Å². The molecule has 4 aliphatic rings. The molecular formula is C77H110N18O9S2. The molecule has 0 amide bonds. The van der Waals surface area contributed by atoms with Crippen molar-refractivity contribution in [2.45, 2.75) is 188 Å². The third-order valence-corrected chi connectivity index (χ3v) is 19.5. The summed E-state index contributed by atoms with van der Waals surface area (Å²) in [6.45, 7) is 46.8. The number of sulfone groups is 1. The van der Waals surface area contributed by atoms with Crippen LogP contribution in [-0.2, 0) is 37.7 Å². The van der Waals surface area contributed by atoms with Gasteiger partial charge < -0.3 is 38.7 Å². The number of likely N-dealkylation sites (N-methyl/N-ethyl adjacent to an activating group) is 1. The van der Waals surface area contributed by atoms with E-state index < -0.39 is 19.9 Å². The molecule has 0 spiro atoms. The Labute approximate surface area is 625 Å². The Morgan fingerprint density at radius 3 is 1.66 bits per heavy atom. The van der Waals surface area contributed by atoms with Gasteiger partial charge in [-0.05, 0) is 129 Å². The molecule has 0 radical (unpaired) electrons. The number of rotatable bonds is 12. The number of primary sulfonamides is 1. The van der Waals surface area contributed by atoms with Gasteiger partial charge in [0.2, 0.25) is 15.9 Å². The van der Waals surface area contributed by atoms with Gasteiger partial charge in [0.05, 0.1) is 47.7 Å². The van der Waals surface area contributed by atoms with Crippen molar-refractivity contribution >= 4 is 48.2 Å². The SMILES string of the molecule is CC(C)c1cnc2[nH]c(=O)[nH]c2c1.CC(C)c1cnc2c(c1)NCCO2.CC(C)c1cnc2c(c1)OCCO2.CC(C)c1cnc2nncn2c1.CC(C)c1cncc(N2CCOCC2)c1.CC(C)c1cncc(S(C)(=O)=O)c1.CC(C)c1cncc(S(N)(=O)=O)c1.CCN1CCn2c(C(C)C)cnc2C1. The number of nitrogens with one attached hydrogen (secondary N) is 3. The molecule has 106 heavy (non-hydrogen) atoms. The predicted molar refractivity (Wildman–Crippen MR) is 417 cm³/mol. The second kappa shape index (κ2) is 39.9. The average Bonchev–Trinajstić information content (AvgIpc) is 1.60. The Morgan fingerprint density at radius 1 is 0.519 bits per heavy atom. The van der Waals surface area contributed by atoms with Crippen molar-refractivity contribution in [1.82, 2.24) is 73.9 Å². The van der Waals surface area contributed by atoms with Crippen LogP contribution in [0.3, 0.4) is 0 Å². The number of morpholine rings is 1.